The molecule has 108 valence electrons. The normalized spacial score (nSPS) is 12.0. The summed E-state index contributed by atoms with van der Waals surface area (Å²) >= 11 is 3.20. The molecule has 1 rings (SSSR count). The Hall–Kier alpha value is -0.710. The van der Waals surface area contributed by atoms with Crippen LogP contribution in [-0.4, -0.2) is 12.6 Å². The molecule has 0 aliphatic rings. The zero-order valence-corrected chi connectivity index (χ0v) is 13.0. The van der Waals surface area contributed by atoms with Crippen LogP contribution in [0.15, 0.2) is 18.2 Å². The Morgan fingerprint density at radius 3 is 2.32 bits per heavy atom. The Labute approximate surface area is 120 Å². The van der Waals surface area contributed by atoms with Crippen molar-refractivity contribution in [1.29, 1.82) is 0 Å². The van der Waals surface area contributed by atoms with Gasteiger partial charge in [0, 0.05) is 23.6 Å². The van der Waals surface area contributed by atoms with Crippen LogP contribution in [0.1, 0.15) is 38.3 Å². The smallest absolute Gasteiger partial charge is 0.369 e. The van der Waals surface area contributed by atoms with Gasteiger partial charge < -0.3 is 4.90 Å². The summed E-state index contributed by atoms with van der Waals surface area (Å²) in [6.07, 6.45) is -3.51. The second-order valence-corrected chi connectivity index (χ2v) is 5.33. The average Bonchev–Trinajstić information content (AvgIpc) is 2.34. The second kappa shape index (κ2) is 6.64. The van der Waals surface area contributed by atoms with Crippen molar-refractivity contribution in [2.75, 3.05) is 11.4 Å². The first-order valence-corrected chi connectivity index (χ1v) is 7.46. The van der Waals surface area contributed by atoms with Gasteiger partial charge in [-0.1, -0.05) is 28.9 Å². The Balaban J connectivity index is 3.32. The topological polar surface area (TPSA) is 3.24 Å². The summed E-state index contributed by atoms with van der Waals surface area (Å²) in [4.78, 5) is 1.81. The fourth-order valence-electron chi connectivity index (χ4n) is 2.04. The Morgan fingerprint density at radius 2 is 1.89 bits per heavy atom. The number of benzene rings is 1. The van der Waals surface area contributed by atoms with E-state index in [2.05, 4.69) is 15.9 Å². The number of rotatable bonds is 5. The predicted octanol–water partition coefficient (Wildman–Crippen LogP) is 5.23. The molecule has 0 unspecified atom stereocenters. The minimum atomic E-state index is -4.33. The van der Waals surface area contributed by atoms with Crippen LogP contribution in [0.3, 0.4) is 0 Å². The Bertz CT molecular complexity index is 416. The summed E-state index contributed by atoms with van der Waals surface area (Å²) < 4.78 is 39.6. The molecule has 0 heterocycles. The first-order valence-electron chi connectivity index (χ1n) is 6.34. The van der Waals surface area contributed by atoms with Crippen LogP contribution in [0.25, 0.3) is 0 Å². The SMILES string of the molecule is CCCN(c1ccc(CBr)cc1C(F)(F)F)C(C)C. The molecule has 5 heteroatoms. The van der Waals surface area contributed by atoms with Crippen molar-refractivity contribution in [2.24, 2.45) is 0 Å². The average molecular weight is 338 g/mol. The van der Waals surface area contributed by atoms with Crippen molar-refractivity contribution in [3.05, 3.63) is 29.3 Å². The number of nitrogens with zero attached hydrogens (tertiary/aromatic N) is 1. The van der Waals surface area contributed by atoms with E-state index in [0.29, 0.717) is 17.4 Å². The van der Waals surface area contributed by atoms with Gasteiger partial charge >= 0.3 is 6.18 Å². The first-order chi connectivity index (χ1) is 8.81. The minimum Gasteiger partial charge on any atom is -0.369 e. The third-order valence-corrected chi connectivity index (χ3v) is 3.57. The number of anilines is 1. The van der Waals surface area contributed by atoms with Crippen LogP contribution in [0.2, 0.25) is 0 Å². The Morgan fingerprint density at radius 1 is 1.26 bits per heavy atom. The fourth-order valence-corrected chi connectivity index (χ4v) is 2.39. The van der Waals surface area contributed by atoms with Crippen molar-refractivity contribution in [1.82, 2.24) is 0 Å². The molecule has 0 aliphatic heterocycles. The van der Waals surface area contributed by atoms with E-state index in [1.807, 2.05) is 20.8 Å². The van der Waals surface area contributed by atoms with Gasteiger partial charge in [-0.15, -0.1) is 0 Å². The number of alkyl halides is 4. The number of halogens is 4. The van der Waals surface area contributed by atoms with Gasteiger partial charge in [0.25, 0.3) is 0 Å². The minimum absolute atomic E-state index is 0.0378. The highest BCUT2D eigenvalue weighted by atomic mass is 79.9. The zero-order valence-electron chi connectivity index (χ0n) is 11.4. The highest BCUT2D eigenvalue weighted by Gasteiger charge is 2.35. The van der Waals surface area contributed by atoms with Gasteiger partial charge in [-0.2, -0.15) is 13.2 Å². The first kappa shape index (κ1) is 16.3. The molecule has 1 nitrogen and oxygen atoms in total. The molecular weight excluding hydrogens is 319 g/mol. The summed E-state index contributed by atoms with van der Waals surface area (Å²) in [6, 6.07) is 4.59. The van der Waals surface area contributed by atoms with E-state index in [-0.39, 0.29) is 11.7 Å². The molecular formula is C14H19BrF3N. The van der Waals surface area contributed by atoms with Crippen LogP contribution in [0.4, 0.5) is 18.9 Å². The van der Waals surface area contributed by atoms with Crippen LogP contribution in [0, 0.1) is 0 Å². The summed E-state index contributed by atoms with van der Waals surface area (Å²) in [7, 11) is 0. The van der Waals surface area contributed by atoms with Crippen molar-refractivity contribution in [2.45, 2.75) is 44.7 Å². The summed E-state index contributed by atoms with van der Waals surface area (Å²) in [5.74, 6) is 0. The molecule has 0 saturated carbocycles. The van der Waals surface area contributed by atoms with Gasteiger partial charge in [0.1, 0.15) is 0 Å². The monoisotopic (exact) mass is 337 g/mol. The maximum absolute atomic E-state index is 13.2. The summed E-state index contributed by atoms with van der Waals surface area (Å²) in [5, 5.41) is 0.422. The van der Waals surface area contributed by atoms with Crippen LogP contribution >= 0.6 is 15.9 Å². The van der Waals surface area contributed by atoms with E-state index in [1.54, 1.807) is 17.0 Å². The van der Waals surface area contributed by atoms with Gasteiger partial charge in [0.05, 0.1) is 5.56 Å². The fraction of sp³-hybridized carbons (Fsp3) is 0.571. The van der Waals surface area contributed by atoms with Crippen molar-refractivity contribution in [3.63, 3.8) is 0 Å². The largest absolute Gasteiger partial charge is 0.418 e. The van der Waals surface area contributed by atoms with E-state index < -0.39 is 11.7 Å². The standard InChI is InChI=1S/C14H19BrF3N/c1-4-7-19(10(2)3)13-6-5-11(9-15)8-12(13)14(16,17)18/h5-6,8,10H,4,7,9H2,1-3H3. The molecule has 0 aromatic heterocycles. The highest BCUT2D eigenvalue weighted by molar-refractivity contribution is 9.08. The molecule has 0 amide bonds. The lowest BCUT2D eigenvalue weighted by molar-refractivity contribution is -0.137. The molecule has 1 aromatic rings. The molecule has 19 heavy (non-hydrogen) atoms. The van der Waals surface area contributed by atoms with E-state index in [9.17, 15) is 13.2 Å². The maximum Gasteiger partial charge on any atom is 0.418 e. The van der Waals surface area contributed by atoms with Crippen molar-refractivity contribution >= 4 is 21.6 Å². The molecule has 1 aromatic carbocycles. The molecule has 0 atom stereocenters. The second-order valence-electron chi connectivity index (χ2n) is 4.77. The highest BCUT2D eigenvalue weighted by Crippen LogP contribution is 2.38. The molecule has 0 radical (unpaired) electrons. The lowest BCUT2D eigenvalue weighted by Crippen LogP contribution is -2.33. The van der Waals surface area contributed by atoms with E-state index in [1.165, 1.54) is 6.07 Å². The van der Waals surface area contributed by atoms with Gasteiger partial charge in [0.2, 0.25) is 0 Å². The third kappa shape index (κ3) is 4.13. The Kier molecular flexibility index (Phi) is 5.71. The third-order valence-electron chi connectivity index (χ3n) is 2.92. The van der Waals surface area contributed by atoms with Gasteiger partial charge in [-0.25, -0.2) is 0 Å². The van der Waals surface area contributed by atoms with Crippen molar-refractivity contribution < 1.29 is 13.2 Å². The molecule has 0 aliphatic carbocycles. The molecule has 0 saturated heterocycles. The summed E-state index contributed by atoms with van der Waals surface area (Å²) in [6.45, 7) is 6.41. The van der Waals surface area contributed by atoms with Crippen LogP contribution < -0.4 is 4.90 Å². The molecule has 0 fully saturated rings. The van der Waals surface area contributed by atoms with Crippen LogP contribution in [-0.2, 0) is 11.5 Å². The quantitative estimate of drug-likeness (QED) is 0.665. The van der Waals surface area contributed by atoms with E-state index in [4.69, 9.17) is 0 Å². The number of hydrogen-bond acceptors (Lipinski definition) is 1. The van der Waals surface area contributed by atoms with Gasteiger partial charge in [0.15, 0.2) is 0 Å². The number of hydrogen-bond donors (Lipinski definition) is 0. The lowest BCUT2D eigenvalue weighted by Gasteiger charge is -2.31. The van der Waals surface area contributed by atoms with E-state index >= 15 is 0 Å². The maximum atomic E-state index is 13.2. The predicted molar refractivity (Wildman–Crippen MR) is 76.8 cm³/mol. The lowest BCUT2D eigenvalue weighted by atomic mass is 10.1. The molecule has 0 N–H and O–H groups in total. The zero-order chi connectivity index (χ0) is 14.6. The van der Waals surface area contributed by atoms with Gasteiger partial charge in [-0.05, 0) is 38.0 Å². The molecule has 0 spiro atoms. The van der Waals surface area contributed by atoms with Gasteiger partial charge in [-0.3, -0.25) is 0 Å². The molecule has 0 bridgehead atoms. The summed E-state index contributed by atoms with van der Waals surface area (Å²) in [5.41, 5.74) is 0.358. The van der Waals surface area contributed by atoms with E-state index in [0.717, 1.165) is 6.42 Å². The van der Waals surface area contributed by atoms with Crippen LogP contribution in [0.5, 0.6) is 0 Å². The van der Waals surface area contributed by atoms with Crippen molar-refractivity contribution in [3.8, 4) is 0 Å².